The number of halogens is 1. The summed E-state index contributed by atoms with van der Waals surface area (Å²) in [5.41, 5.74) is -0.0403. The number of hydrogen-bond acceptors (Lipinski definition) is 6. The van der Waals surface area contributed by atoms with Crippen molar-refractivity contribution in [1.29, 1.82) is 0 Å². The van der Waals surface area contributed by atoms with Crippen LogP contribution < -0.4 is 20.1 Å². The van der Waals surface area contributed by atoms with E-state index in [1.165, 1.54) is 4.90 Å². The number of benzene rings is 3. The first kappa shape index (κ1) is 21.9. The third kappa shape index (κ3) is 3.40. The Hall–Kier alpha value is -2.96. The maximum atomic E-state index is 13.7. The van der Waals surface area contributed by atoms with E-state index in [9.17, 15) is 21.6 Å². The summed E-state index contributed by atoms with van der Waals surface area (Å²) >= 11 is 6.10. The molecule has 2 aliphatic heterocycles. The van der Waals surface area contributed by atoms with Crippen molar-refractivity contribution in [1.82, 2.24) is 4.72 Å². The number of nitrogens with one attached hydrogen (secondary N) is 2. The fourth-order valence-corrected chi connectivity index (χ4v) is 6.76. The molecule has 1 atom stereocenters. The first-order valence-electron chi connectivity index (χ1n) is 9.67. The number of nitrogens with zero attached hydrogens (tertiary/aromatic N) is 1. The summed E-state index contributed by atoms with van der Waals surface area (Å²) in [6.45, 7) is 0.222. The second kappa shape index (κ2) is 7.27. The van der Waals surface area contributed by atoms with Crippen LogP contribution in [0.3, 0.4) is 0 Å². The Morgan fingerprint density at radius 1 is 1.03 bits per heavy atom. The molecular weight excluding hydrogens is 488 g/mol. The first-order chi connectivity index (χ1) is 15.5. The molecule has 3 aromatic carbocycles. The molecule has 2 aliphatic rings. The molecule has 0 saturated heterocycles. The van der Waals surface area contributed by atoms with E-state index in [-0.39, 0.29) is 22.2 Å². The second-order valence-electron chi connectivity index (χ2n) is 7.70. The third-order valence-corrected chi connectivity index (χ3v) is 8.46. The van der Waals surface area contributed by atoms with Gasteiger partial charge in [-0.25, -0.2) is 22.0 Å². The monoisotopic (exact) mass is 504 g/mol. The fraction of sp³-hybridized carbons (Fsp3) is 0.0952. The molecule has 4 N–H and O–H groups in total. The van der Waals surface area contributed by atoms with Gasteiger partial charge in [0.2, 0.25) is 25.7 Å². The van der Waals surface area contributed by atoms with Crippen LogP contribution in [-0.4, -0.2) is 22.7 Å². The van der Waals surface area contributed by atoms with E-state index in [1.807, 2.05) is 30.3 Å². The maximum absolute atomic E-state index is 13.7. The van der Waals surface area contributed by atoms with Gasteiger partial charge in [0, 0.05) is 5.56 Å². The molecule has 9 nitrogen and oxygen atoms in total. The Morgan fingerprint density at radius 2 is 1.70 bits per heavy atom. The number of carbonyl (C=O) groups is 1. The van der Waals surface area contributed by atoms with Crippen molar-refractivity contribution >= 4 is 48.9 Å². The van der Waals surface area contributed by atoms with E-state index in [0.717, 1.165) is 17.7 Å². The maximum Gasteiger partial charge on any atom is 0.274 e. The SMILES string of the molecule is NS(=O)(=O)c1cc2c(cc1Cl)NC1(NS2(=O)=O)C(=O)N(Cc2ccccc2)c2ccccc21. The molecule has 0 saturated carbocycles. The predicted octanol–water partition coefficient (Wildman–Crippen LogP) is 2.09. The molecule has 12 heteroatoms. The average Bonchev–Trinajstić information content (AvgIpc) is 2.95. The van der Waals surface area contributed by atoms with Gasteiger partial charge in [0.1, 0.15) is 9.79 Å². The molecular formula is C21H17ClN4O5S2. The third-order valence-electron chi connectivity index (χ3n) is 5.59. The number of sulfonamides is 2. The molecule has 0 aliphatic carbocycles. The molecule has 1 spiro atoms. The Morgan fingerprint density at radius 3 is 2.39 bits per heavy atom. The molecule has 5 rings (SSSR count). The van der Waals surface area contributed by atoms with Gasteiger partial charge in [-0.3, -0.25) is 4.79 Å². The van der Waals surface area contributed by atoms with Gasteiger partial charge in [0.25, 0.3) is 5.91 Å². The summed E-state index contributed by atoms with van der Waals surface area (Å²) in [5.74, 6) is -0.534. The van der Waals surface area contributed by atoms with Crippen molar-refractivity contribution < 1.29 is 21.6 Å². The lowest BCUT2D eigenvalue weighted by atomic mass is 10.0. The van der Waals surface area contributed by atoms with E-state index in [4.69, 9.17) is 16.7 Å². The van der Waals surface area contributed by atoms with Crippen molar-refractivity contribution in [2.24, 2.45) is 5.14 Å². The largest absolute Gasteiger partial charge is 0.354 e. The number of rotatable bonds is 3. The lowest BCUT2D eigenvalue weighted by Crippen LogP contribution is -2.60. The Labute approximate surface area is 195 Å². The van der Waals surface area contributed by atoms with Gasteiger partial charge in [-0.15, -0.1) is 0 Å². The van der Waals surface area contributed by atoms with Gasteiger partial charge >= 0.3 is 0 Å². The van der Waals surface area contributed by atoms with Gasteiger partial charge < -0.3 is 10.2 Å². The van der Waals surface area contributed by atoms with Gasteiger partial charge in [-0.2, -0.15) is 4.72 Å². The highest BCUT2D eigenvalue weighted by Gasteiger charge is 2.56. The highest BCUT2D eigenvalue weighted by Crippen LogP contribution is 2.46. The summed E-state index contributed by atoms with van der Waals surface area (Å²) in [5, 5.41) is 7.86. The number of amides is 1. The number of fused-ring (bicyclic) bond motifs is 3. The zero-order valence-corrected chi connectivity index (χ0v) is 19.2. The van der Waals surface area contributed by atoms with Gasteiger partial charge in [0.15, 0.2) is 0 Å². The molecule has 33 heavy (non-hydrogen) atoms. The molecule has 170 valence electrons. The zero-order chi connectivity index (χ0) is 23.6. The van der Waals surface area contributed by atoms with Crippen LogP contribution in [0.5, 0.6) is 0 Å². The summed E-state index contributed by atoms with van der Waals surface area (Å²) in [4.78, 5) is 14.3. The van der Waals surface area contributed by atoms with E-state index < -0.39 is 36.5 Å². The lowest BCUT2D eigenvalue weighted by molar-refractivity contribution is -0.122. The van der Waals surface area contributed by atoms with Crippen LogP contribution in [0, 0.1) is 0 Å². The normalized spacial score (nSPS) is 20.9. The quantitative estimate of drug-likeness (QED) is 0.499. The van der Waals surface area contributed by atoms with Gasteiger partial charge in [-0.05, 0) is 23.8 Å². The van der Waals surface area contributed by atoms with Crippen molar-refractivity contribution in [3.63, 3.8) is 0 Å². The Balaban J connectivity index is 1.67. The standard InChI is InChI=1S/C21H17ClN4O5S2/c22-15-10-16-19(11-18(15)32(23,28)29)33(30,31)25-21(24-16)14-8-4-5-9-17(14)26(20(21)27)12-13-6-2-1-3-7-13/h1-11,24-25H,12H2,(H2,23,28,29). The average molecular weight is 505 g/mol. The number of para-hydroxylation sites is 1. The fourth-order valence-electron chi connectivity index (χ4n) is 4.15. The predicted molar refractivity (Wildman–Crippen MR) is 123 cm³/mol. The minimum atomic E-state index is -4.34. The molecule has 0 radical (unpaired) electrons. The van der Waals surface area contributed by atoms with Crippen molar-refractivity contribution in [3.05, 3.63) is 82.9 Å². The summed E-state index contributed by atoms with van der Waals surface area (Å²) in [6, 6.07) is 18.1. The molecule has 0 fully saturated rings. The summed E-state index contributed by atoms with van der Waals surface area (Å²) < 4.78 is 52.6. The van der Waals surface area contributed by atoms with E-state index in [0.29, 0.717) is 11.3 Å². The second-order valence-corrected chi connectivity index (χ2v) is 11.3. The summed E-state index contributed by atoms with van der Waals surface area (Å²) in [7, 11) is -8.62. The molecule has 2 heterocycles. The van der Waals surface area contributed by atoms with Crippen LogP contribution in [-0.2, 0) is 37.0 Å². The number of primary sulfonamides is 1. The van der Waals surface area contributed by atoms with Crippen LogP contribution in [0.1, 0.15) is 11.1 Å². The highest BCUT2D eigenvalue weighted by atomic mass is 35.5. The van der Waals surface area contributed by atoms with Crippen LogP contribution in [0.2, 0.25) is 5.02 Å². The van der Waals surface area contributed by atoms with E-state index in [2.05, 4.69) is 10.0 Å². The number of nitrogens with two attached hydrogens (primary N) is 1. The number of carbonyl (C=O) groups excluding carboxylic acids is 1. The Bertz CT molecular complexity index is 1530. The van der Waals surface area contributed by atoms with Crippen molar-refractivity contribution in [2.75, 3.05) is 10.2 Å². The van der Waals surface area contributed by atoms with Gasteiger partial charge in [-0.1, -0.05) is 60.1 Å². The highest BCUT2D eigenvalue weighted by molar-refractivity contribution is 7.90. The lowest BCUT2D eigenvalue weighted by Gasteiger charge is -2.36. The smallest absolute Gasteiger partial charge is 0.274 e. The molecule has 1 unspecified atom stereocenters. The number of hydrogen-bond donors (Lipinski definition) is 3. The van der Waals surface area contributed by atoms with Crippen LogP contribution in [0.4, 0.5) is 11.4 Å². The van der Waals surface area contributed by atoms with E-state index >= 15 is 0 Å². The van der Waals surface area contributed by atoms with E-state index in [1.54, 1.807) is 24.3 Å². The minimum Gasteiger partial charge on any atom is -0.354 e. The molecule has 3 aromatic rings. The van der Waals surface area contributed by atoms with Crippen LogP contribution in [0.15, 0.2) is 76.5 Å². The van der Waals surface area contributed by atoms with Crippen molar-refractivity contribution in [2.45, 2.75) is 22.0 Å². The molecule has 0 aromatic heterocycles. The minimum absolute atomic E-state index is 0.0177. The molecule has 1 amide bonds. The zero-order valence-electron chi connectivity index (χ0n) is 16.8. The van der Waals surface area contributed by atoms with Crippen molar-refractivity contribution in [3.8, 4) is 0 Å². The topological polar surface area (TPSA) is 139 Å². The summed E-state index contributed by atoms with van der Waals surface area (Å²) in [6.07, 6.45) is 0. The first-order valence-corrected chi connectivity index (χ1v) is 13.1. The number of anilines is 2. The van der Waals surface area contributed by atoms with Crippen LogP contribution >= 0.6 is 11.6 Å². The van der Waals surface area contributed by atoms with Crippen LogP contribution in [0.25, 0.3) is 0 Å². The van der Waals surface area contributed by atoms with Gasteiger partial charge in [0.05, 0.1) is 22.9 Å². The molecule has 0 bridgehead atoms. The Kier molecular flexibility index (Phi) is 4.82.